The third-order valence-electron chi connectivity index (χ3n) is 2.67. The van der Waals surface area contributed by atoms with Crippen molar-refractivity contribution in [2.75, 3.05) is 7.11 Å². The summed E-state index contributed by atoms with van der Waals surface area (Å²) >= 11 is 0. The van der Waals surface area contributed by atoms with Crippen LogP contribution in [0.1, 0.15) is 25.3 Å². The number of ether oxygens (including phenoxy) is 2. The van der Waals surface area contributed by atoms with Gasteiger partial charge in [0.1, 0.15) is 0 Å². The summed E-state index contributed by atoms with van der Waals surface area (Å²) in [6.45, 7) is 1.87. The SMILES string of the molecule is CCCC(Oc1ccc(CO)cc1OC)C(=O)NN. The van der Waals surface area contributed by atoms with Crippen LogP contribution in [0.25, 0.3) is 0 Å². The molecule has 1 aromatic carbocycles. The molecule has 106 valence electrons. The maximum Gasteiger partial charge on any atom is 0.274 e. The number of benzene rings is 1. The molecule has 0 aliphatic carbocycles. The Balaban J connectivity index is 2.92. The van der Waals surface area contributed by atoms with E-state index < -0.39 is 6.10 Å². The van der Waals surface area contributed by atoms with E-state index in [1.807, 2.05) is 6.92 Å². The van der Waals surface area contributed by atoms with Crippen LogP contribution in [0, 0.1) is 0 Å². The van der Waals surface area contributed by atoms with E-state index in [2.05, 4.69) is 5.43 Å². The van der Waals surface area contributed by atoms with Gasteiger partial charge < -0.3 is 14.6 Å². The number of carbonyl (C=O) groups excluding carboxylic acids is 1. The van der Waals surface area contributed by atoms with Gasteiger partial charge in [-0.1, -0.05) is 19.4 Å². The highest BCUT2D eigenvalue weighted by Crippen LogP contribution is 2.29. The first-order valence-electron chi connectivity index (χ1n) is 6.11. The van der Waals surface area contributed by atoms with Crippen molar-refractivity contribution in [3.63, 3.8) is 0 Å². The third-order valence-corrected chi connectivity index (χ3v) is 2.67. The van der Waals surface area contributed by atoms with Crippen molar-refractivity contribution in [3.8, 4) is 11.5 Å². The molecule has 1 unspecified atom stereocenters. The summed E-state index contributed by atoms with van der Waals surface area (Å²) in [5.74, 6) is 5.67. The molecule has 0 aliphatic rings. The zero-order chi connectivity index (χ0) is 14.3. The lowest BCUT2D eigenvalue weighted by Gasteiger charge is -2.19. The van der Waals surface area contributed by atoms with Crippen LogP contribution in [0.2, 0.25) is 0 Å². The van der Waals surface area contributed by atoms with Crippen molar-refractivity contribution in [2.24, 2.45) is 5.84 Å². The van der Waals surface area contributed by atoms with E-state index in [-0.39, 0.29) is 12.5 Å². The maximum atomic E-state index is 11.6. The molecule has 0 bridgehead atoms. The fraction of sp³-hybridized carbons (Fsp3) is 0.462. The predicted octanol–water partition coefficient (Wildman–Crippen LogP) is 0.725. The first-order chi connectivity index (χ1) is 9.15. The van der Waals surface area contributed by atoms with Gasteiger partial charge in [0.2, 0.25) is 0 Å². The monoisotopic (exact) mass is 268 g/mol. The van der Waals surface area contributed by atoms with E-state index in [0.29, 0.717) is 23.5 Å². The number of carbonyl (C=O) groups is 1. The molecule has 1 atom stereocenters. The van der Waals surface area contributed by atoms with Crippen molar-refractivity contribution in [1.82, 2.24) is 5.43 Å². The van der Waals surface area contributed by atoms with Crippen LogP contribution in [-0.2, 0) is 11.4 Å². The summed E-state index contributed by atoms with van der Waals surface area (Å²) in [5, 5.41) is 9.06. The molecule has 1 rings (SSSR count). The molecular weight excluding hydrogens is 248 g/mol. The van der Waals surface area contributed by atoms with Crippen LogP contribution in [-0.4, -0.2) is 24.2 Å². The summed E-state index contributed by atoms with van der Waals surface area (Å²) in [7, 11) is 1.50. The Hall–Kier alpha value is -1.79. The highest BCUT2D eigenvalue weighted by molar-refractivity contribution is 5.80. The van der Waals surface area contributed by atoms with Crippen LogP contribution < -0.4 is 20.7 Å². The second kappa shape index (κ2) is 7.60. The molecule has 1 aromatic rings. The van der Waals surface area contributed by atoms with E-state index in [0.717, 1.165) is 6.42 Å². The second-order valence-electron chi connectivity index (χ2n) is 4.05. The number of methoxy groups -OCH3 is 1. The standard InChI is InChI=1S/C13H20N2O4/c1-3-4-11(13(17)15-14)19-10-6-5-9(8-16)7-12(10)18-2/h5-7,11,16H,3-4,8,14H2,1-2H3,(H,15,17). The average Bonchev–Trinajstić information content (AvgIpc) is 2.46. The van der Waals surface area contributed by atoms with Gasteiger partial charge in [0.15, 0.2) is 17.6 Å². The molecule has 0 saturated heterocycles. The number of hydrogen-bond donors (Lipinski definition) is 3. The van der Waals surface area contributed by atoms with Gasteiger partial charge in [0.05, 0.1) is 13.7 Å². The fourth-order valence-corrected chi connectivity index (χ4v) is 1.66. The Morgan fingerprint density at radius 2 is 2.21 bits per heavy atom. The smallest absolute Gasteiger partial charge is 0.274 e. The minimum Gasteiger partial charge on any atom is -0.493 e. The molecule has 0 heterocycles. The van der Waals surface area contributed by atoms with E-state index in [1.165, 1.54) is 7.11 Å². The molecule has 6 heteroatoms. The lowest BCUT2D eigenvalue weighted by Crippen LogP contribution is -2.42. The average molecular weight is 268 g/mol. The Bertz CT molecular complexity index is 423. The van der Waals surface area contributed by atoms with Gasteiger partial charge in [0, 0.05) is 0 Å². The highest BCUT2D eigenvalue weighted by atomic mass is 16.5. The minimum absolute atomic E-state index is 0.0850. The van der Waals surface area contributed by atoms with Crippen molar-refractivity contribution in [3.05, 3.63) is 23.8 Å². The van der Waals surface area contributed by atoms with E-state index in [9.17, 15) is 4.79 Å². The quantitative estimate of drug-likeness (QED) is 0.385. The Morgan fingerprint density at radius 1 is 1.47 bits per heavy atom. The third kappa shape index (κ3) is 4.11. The summed E-state index contributed by atoms with van der Waals surface area (Å²) in [4.78, 5) is 11.6. The summed E-state index contributed by atoms with van der Waals surface area (Å²) in [5.41, 5.74) is 2.79. The van der Waals surface area contributed by atoms with Crippen LogP contribution in [0.4, 0.5) is 0 Å². The van der Waals surface area contributed by atoms with Gasteiger partial charge in [-0.15, -0.1) is 0 Å². The Kier molecular flexibility index (Phi) is 6.11. The summed E-state index contributed by atoms with van der Waals surface area (Å²) in [6, 6.07) is 5.04. The number of amides is 1. The maximum absolute atomic E-state index is 11.6. The molecule has 0 aliphatic heterocycles. The van der Waals surface area contributed by atoms with Gasteiger partial charge in [-0.05, 0) is 24.1 Å². The molecule has 6 nitrogen and oxygen atoms in total. The minimum atomic E-state index is -0.663. The summed E-state index contributed by atoms with van der Waals surface area (Å²) in [6.07, 6.45) is 0.673. The molecule has 4 N–H and O–H groups in total. The second-order valence-corrected chi connectivity index (χ2v) is 4.05. The molecule has 0 fully saturated rings. The van der Waals surface area contributed by atoms with Crippen LogP contribution in [0.3, 0.4) is 0 Å². The van der Waals surface area contributed by atoms with Gasteiger partial charge in [-0.25, -0.2) is 5.84 Å². The zero-order valence-electron chi connectivity index (χ0n) is 11.2. The van der Waals surface area contributed by atoms with Crippen LogP contribution >= 0.6 is 0 Å². The lowest BCUT2D eigenvalue weighted by atomic mass is 10.2. The number of rotatable bonds is 7. The normalized spacial score (nSPS) is 11.8. The van der Waals surface area contributed by atoms with Gasteiger partial charge in [-0.2, -0.15) is 0 Å². The van der Waals surface area contributed by atoms with Crippen molar-refractivity contribution in [2.45, 2.75) is 32.5 Å². The van der Waals surface area contributed by atoms with Gasteiger partial charge in [-0.3, -0.25) is 10.2 Å². The van der Waals surface area contributed by atoms with Crippen molar-refractivity contribution in [1.29, 1.82) is 0 Å². The topological polar surface area (TPSA) is 93.8 Å². The lowest BCUT2D eigenvalue weighted by molar-refractivity contribution is -0.128. The van der Waals surface area contributed by atoms with Crippen molar-refractivity contribution < 1.29 is 19.4 Å². The Labute approximate surface area is 112 Å². The number of nitrogens with two attached hydrogens (primary N) is 1. The highest BCUT2D eigenvalue weighted by Gasteiger charge is 2.20. The molecule has 1 amide bonds. The number of nitrogens with one attached hydrogen (secondary N) is 1. The fourth-order valence-electron chi connectivity index (χ4n) is 1.66. The molecule has 19 heavy (non-hydrogen) atoms. The summed E-state index contributed by atoms with van der Waals surface area (Å²) < 4.78 is 10.8. The van der Waals surface area contributed by atoms with Gasteiger partial charge >= 0.3 is 0 Å². The number of aliphatic hydroxyl groups is 1. The van der Waals surface area contributed by atoms with E-state index in [4.69, 9.17) is 20.4 Å². The molecule has 0 saturated carbocycles. The molecule has 0 spiro atoms. The zero-order valence-corrected chi connectivity index (χ0v) is 11.2. The van der Waals surface area contributed by atoms with E-state index >= 15 is 0 Å². The van der Waals surface area contributed by atoms with Gasteiger partial charge in [0.25, 0.3) is 5.91 Å². The number of hydrogen-bond acceptors (Lipinski definition) is 5. The van der Waals surface area contributed by atoms with Crippen LogP contribution in [0.5, 0.6) is 11.5 Å². The molecule has 0 radical (unpaired) electrons. The largest absolute Gasteiger partial charge is 0.493 e. The Morgan fingerprint density at radius 3 is 2.74 bits per heavy atom. The molecular formula is C13H20N2O4. The predicted molar refractivity (Wildman–Crippen MR) is 70.6 cm³/mol. The molecule has 0 aromatic heterocycles. The number of aliphatic hydroxyl groups excluding tert-OH is 1. The van der Waals surface area contributed by atoms with E-state index in [1.54, 1.807) is 18.2 Å². The van der Waals surface area contributed by atoms with Crippen LogP contribution in [0.15, 0.2) is 18.2 Å². The van der Waals surface area contributed by atoms with Crippen molar-refractivity contribution >= 4 is 5.91 Å². The first kappa shape index (κ1) is 15.3. The number of hydrazine groups is 1. The first-order valence-corrected chi connectivity index (χ1v) is 6.11.